The first-order chi connectivity index (χ1) is 6.24. The fourth-order valence-corrected chi connectivity index (χ4v) is 3.68. The van der Waals surface area contributed by atoms with E-state index in [2.05, 4.69) is 33.0 Å². The number of rotatable bonds is 2. The summed E-state index contributed by atoms with van der Waals surface area (Å²) in [5, 5.41) is 12.9. The molecular formula is C12H25NO. The highest BCUT2D eigenvalue weighted by atomic mass is 16.3. The van der Waals surface area contributed by atoms with E-state index >= 15 is 0 Å². The van der Waals surface area contributed by atoms with E-state index in [0.29, 0.717) is 10.8 Å². The van der Waals surface area contributed by atoms with Gasteiger partial charge in [0.1, 0.15) is 0 Å². The van der Waals surface area contributed by atoms with Gasteiger partial charge >= 0.3 is 0 Å². The van der Waals surface area contributed by atoms with Gasteiger partial charge in [0.15, 0.2) is 0 Å². The fraction of sp³-hybridized carbons (Fsp3) is 1.00. The summed E-state index contributed by atoms with van der Waals surface area (Å²) in [5.41, 5.74) is 0.590. The van der Waals surface area contributed by atoms with Crippen molar-refractivity contribution in [3.63, 3.8) is 0 Å². The quantitative estimate of drug-likeness (QED) is 0.714. The van der Waals surface area contributed by atoms with Crippen molar-refractivity contribution >= 4 is 0 Å². The summed E-state index contributed by atoms with van der Waals surface area (Å²) in [4.78, 5) is 0. The minimum Gasteiger partial charge on any atom is -0.394 e. The molecule has 2 N–H and O–H groups in total. The van der Waals surface area contributed by atoms with Crippen LogP contribution in [-0.4, -0.2) is 24.3 Å². The second kappa shape index (κ2) is 3.49. The summed E-state index contributed by atoms with van der Waals surface area (Å²) >= 11 is 0. The molecule has 1 saturated carbocycles. The smallest absolute Gasteiger partial charge is 0.0613 e. The predicted molar refractivity (Wildman–Crippen MR) is 60.3 cm³/mol. The molecule has 0 aromatic rings. The Morgan fingerprint density at radius 3 is 1.71 bits per heavy atom. The van der Waals surface area contributed by atoms with E-state index in [9.17, 15) is 5.11 Å². The van der Waals surface area contributed by atoms with E-state index in [0.717, 1.165) is 12.8 Å². The third-order valence-corrected chi connectivity index (χ3v) is 3.42. The van der Waals surface area contributed by atoms with Crippen LogP contribution < -0.4 is 5.32 Å². The summed E-state index contributed by atoms with van der Waals surface area (Å²) < 4.78 is 0. The summed E-state index contributed by atoms with van der Waals surface area (Å²) in [5.74, 6) is 0. The first kappa shape index (κ1) is 12.0. The van der Waals surface area contributed by atoms with Gasteiger partial charge in [-0.3, -0.25) is 0 Å². The van der Waals surface area contributed by atoms with Gasteiger partial charge in [0.25, 0.3) is 0 Å². The third kappa shape index (κ3) is 2.48. The van der Waals surface area contributed by atoms with Gasteiger partial charge in [0.2, 0.25) is 0 Å². The molecule has 0 saturated heterocycles. The van der Waals surface area contributed by atoms with Crippen molar-refractivity contribution in [2.45, 2.75) is 52.5 Å². The first-order valence-electron chi connectivity index (χ1n) is 5.54. The topological polar surface area (TPSA) is 32.3 Å². The lowest BCUT2D eigenvalue weighted by atomic mass is 9.58. The molecule has 0 radical (unpaired) electrons. The van der Waals surface area contributed by atoms with Crippen LogP contribution in [0, 0.1) is 10.8 Å². The number of likely N-dealkylation sites (N-methyl/N-ethyl adjacent to an activating group) is 1. The van der Waals surface area contributed by atoms with Gasteiger partial charge in [0.05, 0.1) is 6.61 Å². The molecule has 2 heteroatoms. The third-order valence-electron chi connectivity index (χ3n) is 3.42. The number of hydrogen-bond donors (Lipinski definition) is 2. The van der Waals surface area contributed by atoms with Gasteiger partial charge in [-0.15, -0.1) is 0 Å². The zero-order chi connectivity index (χ0) is 11.0. The highest BCUT2D eigenvalue weighted by Gasteiger charge is 2.46. The van der Waals surface area contributed by atoms with Crippen LogP contribution in [-0.2, 0) is 0 Å². The Hall–Kier alpha value is -0.0800. The van der Waals surface area contributed by atoms with Gasteiger partial charge in [-0.2, -0.15) is 0 Å². The molecule has 2 nitrogen and oxygen atoms in total. The molecule has 14 heavy (non-hydrogen) atoms. The van der Waals surface area contributed by atoms with E-state index in [-0.39, 0.29) is 12.1 Å². The SMILES string of the molecule is CNC1(CO)CC(C)(C)CC(C)(C)C1. The van der Waals surface area contributed by atoms with E-state index in [1.165, 1.54) is 6.42 Å². The molecule has 84 valence electrons. The number of nitrogens with one attached hydrogen (secondary N) is 1. The molecular weight excluding hydrogens is 174 g/mol. The molecule has 0 aromatic carbocycles. The van der Waals surface area contributed by atoms with Gasteiger partial charge < -0.3 is 10.4 Å². The molecule has 1 aliphatic carbocycles. The Morgan fingerprint density at radius 1 is 1.00 bits per heavy atom. The van der Waals surface area contributed by atoms with Crippen LogP contribution in [0.2, 0.25) is 0 Å². The van der Waals surface area contributed by atoms with Gasteiger partial charge in [-0.05, 0) is 37.1 Å². The van der Waals surface area contributed by atoms with Crippen molar-refractivity contribution in [1.82, 2.24) is 5.32 Å². The molecule has 0 unspecified atom stereocenters. The van der Waals surface area contributed by atoms with Crippen LogP contribution in [0.1, 0.15) is 47.0 Å². The highest BCUT2D eigenvalue weighted by Crippen LogP contribution is 2.49. The second-order valence-electron chi connectivity index (χ2n) is 6.55. The zero-order valence-electron chi connectivity index (χ0n) is 10.3. The van der Waals surface area contributed by atoms with Gasteiger partial charge in [-0.25, -0.2) is 0 Å². The Labute approximate surface area is 88.1 Å². The Balaban J connectivity index is 2.90. The van der Waals surface area contributed by atoms with Crippen molar-refractivity contribution in [1.29, 1.82) is 0 Å². The van der Waals surface area contributed by atoms with Gasteiger partial charge in [-0.1, -0.05) is 27.7 Å². The molecule has 1 aliphatic rings. The van der Waals surface area contributed by atoms with Crippen LogP contribution in [0.3, 0.4) is 0 Å². The standard InChI is InChI=1S/C12H25NO/c1-10(2)6-11(3,4)8-12(7-10,9-14)13-5/h13-14H,6-9H2,1-5H3. The lowest BCUT2D eigenvalue weighted by molar-refractivity contribution is 0.000992. The fourth-order valence-electron chi connectivity index (χ4n) is 3.68. The number of aliphatic hydroxyl groups excluding tert-OH is 1. The zero-order valence-corrected chi connectivity index (χ0v) is 10.3. The minimum absolute atomic E-state index is 0.0642. The van der Waals surface area contributed by atoms with Crippen molar-refractivity contribution < 1.29 is 5.11 Å². The van der Waals surface area contributed by atoms with E-state index in [1.54, 1.807) is 0 Å². The largest absolute Gasteiger partial charge is 0.394 e. The monoisotopic (exact) mass is 199 g/mol. The number of hydrogen-bond acceptors (Lipinski definition) is 2. The van der Waals surface area contributed by atoms with Crippen molar-refractivity contribution in [2.75, 3.05) is 13.7 Å². The highest BCUT2D eigenvalue weighted by molar-refractivity contribution is 5.01. The van der Waals surface area contributed by atoms with Crippen molar-refractivity contribution in [3.05, 3.63) is 0 Å². The molecule has 0 heterocycles. The maximum Gasteiger partial charge on any atom is 0.0613 e. The lowest BCUT2D eigenvalue weighted by Gasteiger charge is -2.51. The van der Waals surface area contributed by atoms with E-state index in [4.69, 9.17) is 0 Å². The Kier molecular flexibility index (Phi) is 2.99. The normalized spacial score (nSPS) is 28.7. The molecule has 0 amide bonds. The summed E-state index contributed by atoms with van der Waals surface area (Å²) in [6, 6.07) is 0. The molecule has 0 bridgehead atoms. The molecule has 0 atom stereocenters. The number of aliphatic hydroxyl groups is 1. The minimum atomic E-state index is -0.0642. The predicted octanol–water partition coefficient (Wildman–Crippen LogP) is 2.17. The molecule has 1 rings (SSSR count). The molecule has 1 fully saturated rings. The molecule has 0 aliphatic heterocycles. The van der Waals surface area contributed by atoms with E-state index < -0.39 is 0 Å². The maximum atomic E-state index is 9.54. The van der Waals surface area contributed by atoms with E-state index in [1.807, 2.05) is 7.05 Å². The van der Waals surface area contributed by atoms with Crippen molar-refractivity contribution in [2.24, 2.45) is 10.8 Å². The lowest BCUT2D eigenvalue weighted by Crippen LogP contribution is -2.56. The summed E-state index contributed by atoms with van der Waals surface area (Å²) in [6.45, 7) is 9.45. The van der Waals surface area contributed by atoms with Gasteiger partial charge in [0, 0.05) is 5.54 Å². The van der Waals surface area contributed by atoms with Crippen LogP contribution in [0.4, 0.5) is 0 Å². The van der Waals surface area contributed by atoms with Crippen molar-refractivity contribution in [3.8, 4) is 0 Å². The Morgan fingerprint density at radius 2 is 1.43 bits per heavy atom. The molecule has 0 spiro atoms. The summed E-state index contributed by atoms with van der Waals surface area (Å²) in [6.07, 6.45) is 3.37. The van der Waals surface area contributed by atoms with Crippen LogP contribution >= 0.6 is 0 Å². The molecule has 0 aromatic heterocycles. The Bertz CT molecular complexity index is 186. The maximum absolute atomic E-state index is 9.54. The van der Waals surface area contributed by atoms with Crippen LogP contribution in [0.5, 0.6) is 0 Å². The van der Waals surface area contributed by atoms with Crippen LogP contribution in [0.25, 0.3) is 0 Å². The average Bonchev–Trinajstić information content (AvgIpc) is 1.98. The second-order valence-corrected chi connectivity index (χ2v) is 6.55. The summed E-state index contributed by atoms with van der Waals surface area (Å²) in [7, 11) is 1.97. The average molecular weight is 199 g/mol. The van der Waals surface area contributed by atoms with Crippen LogP contribution in [0.15, 0.2) is 0 Å². The first-order valence-corrected chi connectivity index (χ1v) is 5.54.